The second kappa shape index (κ2) is 9.23. The minimum atomic E-state index is -2.38. The van der Waals surface area contributed by atoms with Crippen LogP contribution in [0.1, 0.15) is 93.9 Å². The van der Waals surface area contributed by atoms with Crippen LogP contribution in [-0.2, 0) is 0 Å². The van der Waals surface area contributed by atoms with E-state index < -0.39 is 18.4 Å². The molecular weight excluding hydrogens is 397 g/mol. The molecule has 0 saturated heterocycles. The molecule has 1 heterocycles. The molecule has 0 aromatic carbocycles. The van der Waals surface area contributed by atoms with Gasteiger partial charge in [0.05, 0.1) is 0 Å². The average Bonchev–Trinajstić information content (AvgIpc) is 2.51. The van der Waals surface area contributed by atoms with Crippen LogP contribution in [0.2, 0.25) is 13.3 Å². The van der Waals surface area contributed by atoms with E-state index in [1.807, 2.05) is 3.59 Å². The van der Waals surface area contributed by atoms with Crippen molar-refractivity contribution in [2.45, 2.75) is 113 Å². The molecule has 0 fully saturated rings. The van der Waals surface area contributed by atoms with Gasteiger partial charge in [-0.25, -0.2) is 0 Å². The van der Waals surface area contributed by atoms with E-state index in [2.05, 4.69) is 61.5 Å². The molecule has 0 saturated carbocycles. The average molecular weight is 440 g/mol. The van der Waals surface area contributed by atoms with Crippen LogP contribution in [0.3, 0.4) is 0 Å². The summed E-state index contributed by atoms with van der Waals surface area (Å²) in [4.78, 5) is 5.24. The summed E-state index contributed by atoms with van der Waals surface area (Å²) in [7, 11) is 0. The van der Waals surface area contributed by atoms with Gasteiger partial charge in [0.15, 0.2) is 0 Å². The van der Waals surface area contributed by atoms with Gasteiger partial charge in [-0.2, -0.15) is 0 Å². The second-order valence-corrected chi connectivity index (χ2v) is 22.3. The molecule has 0 N–H and O–H groups in total. The fourth-order valence-corrected chi connectivity index (χ4v) is 23.4. The molecule has 0 aromatic rings. The van der Waals surface area contributed by atoms with Crippen LogP contribution in [0.4, 0.5) is 0 Å². The van der Waals surface area contributed by atoms with E-state index in [4.69, 9.17) is 4.99 Å². The number of hydrogen-bond acceptors (Lipinski definition) is 1. The predicted molar refractivity (Wildman–Crippen MR) is 114 cm³/mol. The Balaban J connectivity index is 3.37. The molecule has 0 radical (unpaired) electrons. The third kappa shape index (κ3) is 5.35. The Hall–Kier alpha value is 0.209. The van der Waals surface area contributed by atoms with E-state index >= 15 is 0 Å². The summed E-state index contributed by atoms with van der Waals surface area (Å²) in [5, 5.41) is 0. The Morgan fingerprint density at radius 2 is 1.25 bits per heavy atom. The van der Waals surface area contributed by atoms with Crippen LogP contribution in [0, 0.1) is 5.41 Å². The quantitative estimate of drug-likeness (QED) is 0.311. The molecule has 2 heteroatoms. The Morgan fingerprint density at radius 1 is 0.833 bits per heavy atom. The van der Waals surface area contributed by atoms with Crippen LogP contribution in [-0.4, -0.2) is 29.6 Å². The minimum absolute atomic E-state index is 0.0465. The molecule has 0 aromatic heterocycles. The zero-order valence-electron chi connectivity index (χ0n) is 17.9. The summed E-state index contributed by atoms with van der Waals surface area (Å²) in [5.41, 5.74) is 1.51. The van der Waals surface area contributed by atoms with Gasteiger partial charge < -0.3 is 0 Å². The van der Waals surface area contributed by atoms with Crippen molar-refractivity contribution in [3.63, 3.8) is 0 Å². The zero-order valence-corrected chi connectivity index (χ0v) is 20.7. The first-order valence-electron chi connectivity index (χ1n) is 10.5. The van der Waals surface area contributed by atoms with Gasteiger partial charge >= 0.3 is 157 Å². The van der Waals surface area contributed by atoms with Gasteiger partial charge in [0.1, 0.15) is 0 Å². The summed E-state index contributed by atoms with van der Waals surface area (Å²) < 4.78 is 6.49. The van der Waals surface area contributed by atoms with Gasteiger partial charge in [0, 0.05) is 0 Å². The van der Waals surface area contributed by atoms with Crippen molar-refractivity contribution in [1.29, 1.82) is 0 Å². The van der Waals surface area contributed by atoms with E-state index in [9.17, 15) is 0 Å². The standard InChI is InChI=1S/C10H16N.3C4H9.Sn/c1-8-9(2,3)6-7-10(4,5)11-8;3*1-3-4-2;/h6H,1-5H3;3*1,3-4H2,2H3;. The maximum atomic E-state index is 5.24. The summed E-state index contributed by atoms with van der Waals surface area (Å²) in [6.45, 7) is 18.9. The first kappa shape index (κ1) is 22.3. The van der Waals surface area contributed by atoms with Crippen molar-refractivity contribution in [1.82, 2.24) is 0 Å². The molecule has 140 valence electrons. The number of unbranched alkanes of at least 4 members (excludes halogenated alkanes) is 3. The summed E-state index contributed by atoms with van der Waals surface area (Å²) >= 11 is -2.38. The van der Waals surface area contributed by atoms with Gasteiger partial charge in [-0.1, -0.05) is 0 Å². The monoisotopic (exact) mass is 441 g/mol. The predicted octanol–water partition coefficient (Wildman–Crippen LogP) is 7.58. The first-order valence-corrected chi connectivity index (χ1v) is 17.9. The fraction of sp³-hybridized carbons (Fsp3) is 0.864. The molecule has 0 aliphatic carbocycles. The van der Waals surface area contributed by atoms with E-state index in [-0.39, 0.29) is 11.0 Å². The molecule has 1 aliphatic rings. The summed E-state index contributed by atoms with van der Waals surface area (Å²) in [6.07, 6.45) is 11.0. The third-order valence-corrected chi connectivity index (χ3v) is 22.8. The van der Waals surface area contributed by atoms with Gasteiger partial charge in [-0.3, -0.25) is 0 Å². The van der Waals surface area contributed by atoms with Crippen LogP contribution in [0.5, 0.6) is 0 Å². The van der Waals surface area contributed by atoms with Gasteiger partial charge in [-0.15, -0.1) is 0 Å². The summed E-state index contributed by atoms with van der Waals surface area (Å²) in [6, 6.07) is 0. The van der Waals surface area contributed by atoms with Crippen molar-refractivity contribution >= 4 is 24.1 Å². The van der Waals surface area contributed by atoms with Gasteiger partial charge in [0.25, 0.3) is 0 Å². The van der Waals surface area contributed by atoms with Crippen molar-refractivity contribution < 1.29 is 0 Å². The molecule has 1 nitrogen and oxygen atoms in total. The van der Waals surface area contributed by atoms with Gasteiger partial charge in [-0.05, 0) is 0 Å². The maximum absolute atomic E-state index is 5.24. The number of dihydropyridines is 1. The first-order chi connectivity index (χ1) is 11.1. The second-order valence-electron chi connectivity index (χ2n) is 9.13. The Morgan fingerprint density at radius 3 is 1.62 bits per heavy atom. The fourth-order valence-electron chi connectivity index (χ4n) is 4.39. The molecule has 24 heavy (non-hydrogen) atoms. The number of aliphatic imine (C=N–C) groups is 1. The van der Waals surface area contributed by atoms with Crippen molar-refractivity contribution in [3.8, 4) is 0 Å². The Labute approximate surface area is 156 Å². The summed E-state index contributed by atoms with van der Waals surface area (Å²) in [5.74, 6) is 0. The van der Waals surface area contributed by atoms with Crippen LogP contribution < -0.4 is 0 Å². The third-order valence-electron chi connectivity index (χ3n) is 6.14. The van der Waals surface area contributed by atoms with E-state index in [0.717, 1.165) is 0 Å². The SMILES string of the molecule is CCC[CH2][Sn]([CH2]CCC)([CH2]CCC)[C]1=CC(C)(C)C(C)=NC1(C)C. The van der Waals surface area contributed by atoms with Crippen LogP contribution in [0.15, 0.2) is 14.7 Å². The molecule has 0 bridgehead atoms. The normalized spacial score (nSPS) is 19.8. The molecule has 1 rings (SSSR count). The van der Waals surface area contributed by atoms with Crippen LogP contribution >= 0.6 is 0 Å². The van der Waals surface area contributed by atoms with E-state index in [0.29, 0.717) is 0 Å². The Bertz CT molecular complexity index is 435. The molecule has 0 spiro atoms. The van der Waals surface area contributed by atoms with Crippen molar-refractivity contribution in [3.05, 3.63) is 9.67 Å². The number of nitrogens with zero attached hydrogens (tertiary/aromatic N) is 1. The Kier molecular flexibility index (Phi) is 8.56. The van der Waals surface area contributed by atoms with Crippen molar-refractivity contribution in [2.24, 2.45) is 10.4 Å². The number of hydrogen-bond donors (Lipinski definition) is 0. The molecule has 0 atom stereocenters. The topological polar surface area (TPSA) is 12.4 Å². The van der Waals surface area contributed by atoms with E-state index in [1.54, 1.807) is 13.3 Å². The van der Waals surface area contributed by atoms with Crippen LogP contribution in [0.25, 0.3) is 0 Å². The van der Waals surface area contributed by atoms with E-state index in [1.165, 1.54) is 44.2 Å². The molecule has 0 unspecified atom stereocenters. The zero-order chi connectivity index (χ0) is 18.4. The number of rotatable bonds is 10. The molecular formula is C22H43NSn. The molecule has 0 amide bonds. The van der Waals surface area contributed by atoms with Gasteiger partial charge in [0.2, 0.25) is 0 Å². The van der Waals surface area contributed by atoms with Crippen molar-refractivity contribution in [2.75, 3.05) is 0 Å². The number of allylic oxidation sites excluding steroid dienone is 1. The molecule has 1 aliphatic heterocycles.